The van der Waals surface area contributed by atoms with Crippen LogP contribution in [0.5, 0.6) is 0 Å². The van der Waals surface area contributed by atoms with Gasteiger partial charge in [0, 0.05) is 25.2 Å². The van der Waals surface area contributed by atoms with E-state index in [0.29, 0.717) is 0 Å². The Morgan fingerprint density at radius 3 is 2.82 bits per heavy atom. The Bertz CT molecular complexity index is 624. The second-order valence-electron chi connectivity index (χ2n) is 5.60. The molecule has 1 N–H and O–H groups in total. The number of carbonyl (C=O) groups is 2. The number of amides is 2. The number of hydrogen-bond donors (Lipinski definition) is 1. The van der Waals surface area contributed by atoms with Crippen molar-refractivity contribution in [2.24, 2.45) is 4.99 Å². The van der Waals surface area contributed by atoms with E-state index < -0.39 is 0 Å². The Labute approximate surface area is 134 Å². The van der Waals surface area contributed by atoms with E-state index in [1.807, 2.05) is 31.2 Å². The molecule has 0 aromatic heterocycles. The van der Waals surface area contributed by atoms with Crippen LogP contribution in [0.3, 0.4) is 0 Å². The number of para-hydroxylation sites is 1. The van der Waals surface area contributed by atoms with Crippen molar-refractivity contribution in [2.75, 3.05) is 18.4 Å². The molecule has 0 aliphatic carbocycles. The zero-order chi connectivity index (χ0) is 15.5. The van der Waals surface area contributed by atoms with Crippen molar-refractivity contribution in [3.8, 4) is 0 Å². The zero-order valence-electron chi connectivity index (χ0n) is 12.5. The third-order valence-electron chi connectivity index (χ3n) is 3.90. The Morgan fingerprint density at radius 2 is 2.09 bits per heavy atom. The van der Waals surface area contributed by atoms with E-state index in [9.17, 15) is 9.59 Å². The summed E-state index contributed by atoms with van der Waals surface area (Å²) in [6.45, 7) is 3.86. The fourth-order valence-electron chi connectivity index (χ4n) is 2.64. The number of aliphatic imine (C=N–C) groups is 1. The minimum atomic E-state index is -0.389. The highest BCUT2D eigenvalue weighted by atomic mass is 32.2. The average molecular weight is 317 g/mol. The molecule has 2 heterocycles. The van der Waals surface area contributed by atoms with E-state index in [0.717, 1.165) is 42.3 Å². The number of rotatable bonds is 3. The van der Waals surface area contributed by atoms with Gasteiger partial charge in [-0.3, -0.25) is 9.59 Å². The lowest BCUT2D eigenvalue weighted by atomic mass is 10.2. The van der Waals surface area contributed by atoms with Gasteiger partial charge in [0.05, 0.1) is 0 Å². The summed E-state index contributed by atoms with van der Waals surface area (Å²) in [6.07, 6.45) is 2.46. The van der Waals surface area contributed by atoms with Gasteiger partial charge in [0.15, 0.2) is 5.17 Å². The molecule has 0 radical (unpaired) electrons. The smallest absolute Gasteiger partial charge is 0.262 e. The van der Waals surface area contributed by atoms with E-state index in [-0.39, 0.29) is 23.5 Å². The number of anilines is 1. The third kappa shape index (κ3) is 3.32. The van der Waals surface area contributed by atoms with Crippen molar-refractivity contribution >= 4 is 34.4 Å². The molecule has 116 valence electrons. The Kier molecular flexibility index (Phi) is 4.47. The van der Waals surface area contributed by atoms with Gasteiger partial charge in [-0.1, -0.05) is 30.0 Å². The number of benzene rings is 1. The minimum Gasteiger partial charge on any atom is -0.351 e. The van der Waals surface area contributed by atoms with Crippen molar-refractivity contribution in [1.29, 1.82) is 0 Å². The fraction of sp³-hybridized carbons (Fsp3) is 0.438. The number of likely N-dealkylation sites (tertiary alicyclic amines) is 1. The zero-order valence-corrected chi connectivity index (χ0v) is 13.4. The first-order valence-corrected chi connectivity index (χ1v) is 8.41. The Hall–Kier alpha value is -1.82. The molecule has 2 aliphatic rings. The van der Waals surface area contributed by atoms with Crippen molar-refractivity contribution in [3.05, 3.63) is 29.8 Å². The van der Waals surface area contributed by atoms with Gasteiger partial charge in [-0.05, 0) is 31.4 Å². The molecular formula is C16H19N3O2S. The van der Waals surface area contributed by atoms with Crippen LogP contribution in [0, 0.1) is 6.92 Å². The lowest BCUT2D eigenvalue weighted by Gasteiger charge is -2.16. The summed E-state index contributed by atoms with van der Waals surface area (Å²) in [4.78, 5) is 30.4. The minimum absolute atomic E-state index is 0.141. The number of nitrogens with zero attached hydrogens (tertiary/aromatic N) is 2. The number of thioether (sulfide) groups is 1. The molecule has 0 saturated carbocycles. The van der Waals surface area contributed by atoms with Crippen molar-refractivity contribution in [2.45, 2.75) is 31.4 Å². The van der Waals surface area contributed by atoms with Crippen LogP contribution < -0.4 is 5.32 Å². The normalized spacial score (nSPS) is 21.1. The molecule has 1 aromatic carbocycles. The summed E-state index contributed by atoms with van der Waals surface area (Å²) in [7, 11) is 0. The first kappa shape index (κ1) is 15.1. The molecule has 6 heteroatoms. The van der Waals surface area contributed by atoms with Gasteiger partial charge in [0.2, 0.25) is 5.91 Å². The van der Waals surface area contributed by atoms with Crippen LogP contribution in [0.1, 0.15) is 24.8 Å². The van der Waals surface area contributed by atoms with Crippen molar-refractivity contribution < 1.29 is 9.59 Å². The van der Waals surface area contributed by atoms with Gasteiger partial charge >= 0.3 is 0 Å². The molecule has 2 aliphatic heterocycles. The maximum atomic E-state index is 12.2. The molecule has 1 atom stereocenters. The number of carbonyl (C=O) groups excluding carboxylic acids is 2. The SMILES string of the molecule is Cc1ccccc1NC(=O)CC1SC(N2CCCC2)=NC1=O. The Balaban J connectivity index is 1.56. The lowest BCUT2D eigenvalue weighted by Crippen LogP contribution is -2.25. The van der Waals surface area contributed by atoms with Crippen molar-refractivity contribution in [1.82, 2.24) is 4.90 Å². The van der Waals surface area contributed by atoms with Crippen LogP contribution in [-0.2, 0) is 9.59 Å². The van der Waals surface area contributed by atoms with Crippen LogP contribution in [0.2, 0.25) is 0 Å². The van der Waals surface area contributed by atoms with Crippen LogP contribution in [0.25, 0.3) is 0 Å². The van der Waals surface area contributed by atoms with E-state index in [1.54, 1.807) is 0 Å². The lowest BCUT2D eigenvalue weighted by molar-refractivity contribution is -0.121. The van der Waals surface area contributed by atoms with E-state index in [1.165, 1.54) is 11.8 Å². The molecule has 2 amide bonds. The monoisotopic (exact) mass is 317 g/mol. The van der Waals surface area contributed by atoms with Crippen LogP contribution in [-0.4, -0.2) is 40.2 Å². The second kappa shape index (κ2) is 6.52. The predicted molar refractivity (Wildman–Crippen MR) is 89.1 cm³/mol. The van der Waals surface area contributed by atoms with Gasteiger partial charge in [0.1, 0.15) is 5.25 Å². The van der Waals surface area contributed by atoms with Gasteiger partial charge in [-0.2, -0.15) is 4.99 Å². The van der Waals surface area contributed by atoms with Crippen molar-refractivity contribution in [3.63, 3.8) is 0 Å². The van der Waals surface area contributed by atoms with E-state index >= 15 is 0 Å². The summed E-state index contributed by atoms with van der Waals surface area (Å²) < 4.78 is 0. The first-order chi connectivity index (χ1) is 10.6. The molecule has 0 bridgehead atoms. The number of aryl methyl sites for hydroxylation is 1. The second-order valence-corrected chi connectivity index (χ2v) is 6.77. The van der Waals surface area contributed by atoms with Gasteiger partial charge in [-0.25, -0.2) is 0 Å². The van der Waals surface area contributed by atoms with Crippen LogP contribution in [0.15, 0.2) is 29.3 Å². The third-order valence-corrected chi connectivity index (χ3v) is 5.11. The largest absolute Gasteiger partial charge is 0.351 e. The molecule has 1 unspecified atom stereocenters. The summed E-state index contributed by atoms with van der Waals surface area (Å²) in [6, 6.07) is 7.62. The highest BCUT2D eigenvalue weighted by Gasteiger charge is 2.33. The maximum Gasteiger partial charge on any atom is 0.262 e. The molecule has 1 fully saturated rings. The Morgan fingerprint density at radius 1 is 1.36 bits per heavy atom. The number of nitrogens with one attached hydrogen (secondary N) is 1. The highest BCUT2D eigenvalue weighted by molar-refractivity contribution is 8.15. The van der Waals surface area contributed by atoms with Gasteiger partial charge in [0.25, 0.3) is 5.91 Å². The standard InChI is InChI=1S/C16H19N3O2S/c1-11-6-2-3-7-12(11)17-14(20)10-13-15(21)18-16(22-13)19-8-4-5-9-19/h2-3,6-7,13H,4-5,8-10H2,1H3,(H,17,20). The molecule has 1 aromatic rings. The predicted octanol–water partition coefficient (Wildman–Crippen LogP) is 2.42. The van der Waals surface area contributed by atoms with Crippen LogP contribution >= 0.6 is 11.8 Å². The number of hydrogen-bond acceptors (Lipinski definition) is 4. The summed E-state index contributed by atoms with van der Waals surface area (Å²) in [5.41, 5.74) is 1.80. The highest BCUT2D eigenvalue weighted by Crippen LogP contribution is 2.29. The van der Waals surface area contributed by atoms with E-state index in [4.69, 9.17) is 0 Å². The van der Waals surface area contributed by atoms with Crippen LogP contribution in [0.4, 0.5) is 5.69 Å². The average Bonchev–Trinajstić information content (AvgIpc) is 3.12. The summed E-state index contributed by atoms with van der Waals surface area (Å²) in [5, 5.41) is 3.27. The van der Waals surface area contributed by atoms with Gasteiger partial charge < -0.3 is 10.2 Å². The van der Waals surface area contributed by atoms with Gasteiger partial charge in [-0.15, -0.1) is 0 Å². The summed E-state index contributed by atoms with van der Waals surface area (Å²) in [5.74, 6) is -0.329. The topological polar surface area (TPSA) is 61.8 Å². The molecule has 1 saturated heterocycles. The van der Waals surface area contributed by atoms with E-state index in [2.05, 4.69) is 15.2 Å². The molecule has 5 nitrogen and oxygen atoms in total. The molecule has 0 spiro atoms. The summed E-state index contributed by atoms with van der Waals surface area (Å²) >= 11 is 1.42. The number of amidine groups is 1. The fourth-order valence-corrected chi connectivity index (χ4v) is 3.75. The molecule has 22 heavy (non-hydrogen) atoms. The first-order valence-electron chi connectivity index (χ1n) is 7.53. The maximum absolute atomic E-state index is 12.2. The quantitative estimate of drug-likeness (QED) is 0.930. The molecule has 3 rings (SSSR count). The molecular weight excluding hydrogens is 298 g/mol.